The largest absolute Gasteiger partial charge is 0.487 e. The summed E-state index contributed by atoms with van der Waals surface area (Å²) in [7, 11) is 0. The lowest BCUT2D eigenvalue weighted by molar-refractivity contribution is 0.0620. The number of rotatable bonds is 3. The maximum Gasteiger partial charge on any atom is 0.255 e. The van der Waals surface area contributed by atoms with Crippen molar-refractivity contribution in [3.05, 3.63) is 59.2 Å². The quantitative estimate of drug-likeness (QED) is 0.863. The summed E-state index contributed by atoms with van der Waals surface area (Å²) in [5.74, 6) is 0.0345. The molecule has 0 radical (unpaired) electrons. The van der Waals surface area contributed by atoms with Crippen molar-refractivity contribution >= 4 is 23.2 Å². The van der Waals surface area contributed by atoms with Crippen LogP contribution >= 0.6 is 0 Å². The van der Waals surface area contributed by atoms with Gasteiger partial charge in [-0.1, -0.05) is 12.1 Å². The van der Waals surface area contributed by atoms with Gasteiger partial charge < -0.3 is 10.1 Å². The number of hydrogen-bond acceptors (Lipinski definition) is 4. The van der Waals surface area contributed by atoms with Gasteiger partial charge in [0.05, 0.1) is 12.0 Å². The normalized spacial score (nSPS) is 15.1. The van der Waals surface area contributed by atoms with Crippen LogP contribution in [0.4, 0.5) is 5.69 Å². The lowest BCUT2D eigenvalue weighted by Gasteiger charge is -2.31. The highest BCUT2D eigenvalue weighted by molar-refractivity contribution is 6.08. The highest BCUT2D eigenvalue weighted by Gasteiger charge is 2.32. The van der Waals surface area contributed by atoms with E-state index in [0.717, 1.165) is 0 Å². The Kier molecular flexibility index (Phi) is 4.17. The number of ether oxygens (including phenoxy) is 1. The summed E-state index contributed by atoms with van der Waals surface area (Å²) in [6.45, 7) is 5.18. The van der Waals surface area contributed by atoms with E-state index < -0.39 is 5.60 Å². The van der Waals surface area contributed by atoms with Gasteiger partial charge in [0, 0.05) is 16.8 Å². The molecule has 0 saturated heterocycles. The van der Waals surface area contributed by atoms with Gasteiger partial charge in [-0.3, -0.25) is 14.4 Å². The van der Waals surface area contributed by atoms with Gasteiger partial charge in [0.15, 0.2) is 11.6 Å². The molecule has 3 rings (SSSR count). The number of anilines is 1. The third-order valence-electron chi connectivity index (χ3n) is 4.04. The minimum absolute atomic E-state index is 0.0422. The fourth-order valence-electron chi connectivity index (χ4n) is 2.81. The van der Waals surface area contributed by atoms with E-state index in [2.05, 4.69) is 5.32 Å². The molecule has 1 amide bonds. The second-order valence-electron chi connectivity index (χ2n) is 6.76. The number of nitrogens with one attached hydrogen (secondary N) is 1. The van der Waals surface area contributed by atoms with Crippen molar-refractivity contribution in [2.75, 3.05) is 5.32 Å². The predicted molar refractivity (Wildman–Crippen MR) is 94.5 cm³/mol. The Morgan fingerprint density at radius 1 is 1.08 bits per heavy atom. The average Bonchev–Trinajstić information content (AvgIpc) is 2.53. The van der Waals surface area contributed by atoms with Gasteiger partial charge in [-0.2, -0.15) is 0 Å². The molecule has 0 atom stereocenters. The maximum absolute atomic E-state index is 12.5. The molecule has 2 aromatic carbocycles. The first-order chi connectivity index (χ1) is 11.7. The van der Waals surface area contributed by atoms with Crippen LogP contribution in [0.25, 0.3) is 0 Å². The fourth-order valence-corrected chi connectivity index (χ4v) is 2.81. The molecule has 0 aromatic heterocycles. The number of amides is 1. The maximum atomic E-state index is 12.5. The number of ketones is 2. The van der Waals surface area contributed by atoms with Crippen molar-refractivity contribution in [3.63, 3.8) is 0 Å². The molecule has 5 heteroatoms. The van der Waals surface area contributed by atoms with Crippen LogP contribution in [0.1, 0.15) is 58.3 Å². The van der Waals surface area contributed by atoms with E-state index in [1.807, 2.05) is 13.8 Å². The van der Waals surface area contributed by atoms with E-state index >= 15 is 0 Å². The first kappa shape index (κ1) is 16.9. The molecule has 1 heterocycles. The molecular weight excluding hydrogens is 318 g/mol. The van der Waals surface area contributed by atoms with Crippen molar-refractivity contribution in [1.82, 2.24) is 0 Å². The molecular formula is C20H19NO4. The van der Waals surface area contributed by atoms with Gasteiger partial charge in [-0.05, 0) is 51.1 Å². The van der Waals surface area contributed by atoms with Gasteiger partial charge in [0.1, 0.15) is 11.4 Å². The van der Waals surface area contributed by atoms with Crippen molar-refractivity contribution in [2.45, 2.75) is 32.8 Å². The number of carbonyl (C=O) groups is 3. The highest BCUT2D eigenvalue weighted by atomic mass is 16.5. The number of fused-ring (bicyclic) bond motifs is 1. The summed E-state index contributed by atoms with van der Waals surface area (Å²) in [6, 6.07) is 11.5. The molecule has 0 unspecified atom stereocenters. The van der Waals surface area contributed by atoms with Gasteiger partial charge >= 0.3 is 0 Å². The van der Waals surface area contributed by atoms with Gasteiger partial charge in [0.25, 0.3) is 5.91 Å². The molecule has 1 aliphatic heterocycles. The molecule has 128 valence electrons. The minimum atomic E-state index is -0.541. The van der Waals surface area contributed by atoms with E-state index in [-0.39, 0.29) is 23.9 Å². The van der Waals surface area contributed by atoms with Crippen LogP contribution in [0, 0.1) is 0 Å². The average molecular weight is 337 g/mol. The summed E-state index contributed by atoms with van der Waals surface area (Å²) in [5, 5.41) is 2.75. The third kappa shape index (κ3) is 3.60. The second-order valence-corrected chi connectivity index (χ2v) is 6.76. The Bertz CT molecular complexity index is 883. The fraction of sp³-hybridized carbons (Fsp3) is 0.250. The van der Waals surface area contributed by atoms with E-state index in [4.69, 9.17) is 4.74 Å². The number of Topliss-reactive ketones (excluding diaryl/α,β-unsaturated/α-hetero) is 2. The van der Waals surface area contributed by atoms with Crippen LogP contribution in [0.5, 0.6) is 5.75 Å². The lowest BCUT2D eigenvalue weighted by atomic mass is 9.92. The topological polar surface area (TPSA) is 72.5 Å². The zero-order chi connectivity index (χ0) is 18.2. The summed E-state index contributed by atoms with van der Waals surface area (Å²) < 4.78 is 5.79. The summed E-state index contributed by atoms with van der Waals surface area (Å²) in [4.78, 5) is 36.2. The smallest absolute Gasteiger partial charge is 0.255 e. The van der Waals surface area contributed by atoms with E-state index in [1.54, 1.807) is 42.5 Å². The van der Waals surface area contributed by atoms with Crippen LogP contribution in [0.15, 0.2) is 42.5 Å². The Hall–Kier alpha value is -2.95. The molecule has 0 bridgehead atoms. The minimum Gasteiger partial charge on any atom is -0.487 e. The SMILES string of the molecule is CC(=O)c1cccc(NC(=O)c2ccc3c(c2)C(=O)CC(C)(C)O3)c1. The lowest BCUT2D eigenvalue weighted by Crippen LogP contribution is -2.36. The summed E-state index contributed by atoms with van der Waals surface area (Å²) in [6.07, 6.45) is 0.270. The second kappa shape index (κ2) is 6.16. The third-order valence-corrected chi connectivity index (χ3v) is 4.04. The van der Waals surface area contributed by atoms with Crippen LogP contribution in [0.3, 0.4) is 0 Å². The number of hydrogen-bond donors (Lipinski definition) is 1. The standard InChI is InChI=1S/C20H19NO4/c1-12(22)13-5-4-6-15(9-13)21-19(24)14-7-8-18-16(10-14)17(23)11-20(2,3)25-18/h4-10H,11H2,1-3H3,(H,21,24). The molecule has 2 aromatic rings. The zero-order valence-corrected chi connectivity index (χ0v) is 14.4. The van der Waals surface area contributed by atoms with E-state index in [1.165, 1.54) is 6.92 Å². The Balaban J connectivity index is 1.84. The van der Waals surface area contributed by atoms with E-state index in [0.29, 0.717) is 28.1 Å². The zero-order valence-electron chi connectivity index (χ0n) is 14.4. The first-order valence-electron chi connectivity index (χ1n) is 8.04. The van der Waals surface area contributed by atoms with Crippen molar-refractivity contribution in [3.8, 4) is 5.75 Å². The van der Waals surface area contributed by atoms with Crippen LogP contribution in [0.2, 0.25) is 0 Å². The van der Waals surface area contributed by atoms with E-state index in [9.17, 15) is 14.4 Å². The number of carbonyl (C=O) groups excluding carboxylic acids is 3. The Morgan fingerprint density at radius 2 is 1.84 bits per heavy atom. The summed E-state index contributed by atoms with van der Waals surface area (Å²) in [5.41, 5.74) is 1.29. The van der Waals surface area contributed by atoms with Crippen molar-refractivity contribution in [1.29, 1.82) is 0 Å². The molecule has 5 nitrogen and oxygen atoms in total. The van der Waals surface area contributed by atoms with Gasteiger partial charge in [-0.15, -0.1) is 0 Å². The predicted octanol–water partition coefficient (Wildman–Crippen LogP) is 3.89. The van der Waals surface area contributed by atoms with Crippen LogP contribution in [-0.2, 0) is 0 Å². The summed E-state index contributed by atoms with van der Waals surface area (Å²) >= 11 is 0. The number of benzene rings is 2. The Morgan fingerprint density at radius 3 is 2.56 bits per heavy atom. The van der Waals surface area contributed by atoms with Crippen molar-refractivity contribution < 1.29 is 19.1 Å². The first-order valence-corrected chi connectivity index (χ1v) is 8.04. The molecule has 25 heavy (non-hydrogen) atoms. The molecule has 0 fully saturated rings. The van der Waals surface area contributed by atoms with Crippen LogP contribution in [-0.4, -0.2) is 23.1 Å². The molecule has 0 spiro atoms. The molecule has 1 aliphatic rings. The van der Waals surface area contributed by atoms with Gasteiger partial charge in [0.2, 0.25) is 0 Å². The van der Waals surface area contributed by atoms with Crippen molar-refractivity contribution in [2.24, 2.45) is 0 Å². The highest BCUT2D eigenvalue weighted by Crippen LogP contribution is 2.33. The Labute approximate surface area is 146 Å². The molecule has 0 saturated carbocycles. The molecule has 1 N–H and O–H groups in total. The van der Waals surface area contributed by atoms with Gasteiger partial charge in [-0.25, -0.2) is 0 Å². The molecule has 0 aliphatic carbocycles. The monoisotopic (exact) mass is 337 g/mol. The van der Waals surface area contributed by atoms with Crippen LogP contribution < -0.4 is 10.1 Å².